The van der Waals surface area contributed by atoms with Gasteiger partial charge in [0.25, 0.3) is 0 Å². The fourth-order valence-corrected chi connectivity index (χ4v) is 1.88. The maximum atomic E-state index is 11.2. The molecule has 2 rings (SSSR count). The van der Waals surface area contributed by atoms with Gasteiger partial charge in [0.15, 0.2) is 0 Å². The van der Waals surface area contributed by atoms with Crippen LogP contribution in [0.1, 0.15) is 6.92 Å². The summed E-state index contributed by atoms with van der Waals surface area (Å²) >= 11 is 0. The molecule has 1 radical (unpaired) electrons. The molecule has 0 unspecified atom stereocenters. The average Bonchev–Trinajstić information content (AvgIpc) is 2.41. The smallest absolute Gasteiger partial charge is 0.319 e. The van der Waals surface area contributed by atoms with Gasteiger partial charge in [0.05, 0.1) is 0 Å². The van der Waals surface area contributed by atoms with E-state index in [1.807, 2.05) is 55.5 Å². The number of benzene rings is 2. The Labute approximate surface area is 107 Å². The number of carbonyl (C=O) groups is 1. The third-order valence-electron chi connectivity index (χ3n) is 2.81. The van der Waals surface area contributed by atoms with Crippen molar-refractivity contribution in [3.05, 3.63) is 54.6 Å². The molecule has 91 valence electrons. The van der Waals surface area contributed by atoms with E-state index in [1.165, 1.54) is 4.90 Å². The number of rotatable bonds is 3. The number of primary amides is 1. The van der Waals surface area contributed by atoms with Crippen LogP contribution in [0.2, 0.25) is 0 Å². The van der Waals surface area contributed by atoms with E-state index in [0.717, 1.165) is 16.8 Å². The predicted octanol–water partition coefficient (Wildman–Crippen LogP) is 3.06. The first-order valence-electron chi connectivity index (χ1n) is 5.86. The average molecular weight is 239 g/mol. The molecule has 0 atom stereocenters. The van der Waals surface area contributed by atoms with Gasteiger partial charge < -0.3 is 5.73 Å². The molecule has 3 nitrogen and oxygen atoms in total. The third-order valence-corrected chi connectivity index (χ3v) is 2.81. The summed E-state index contributed by atoms with van der Waals surface area (Å²) in [5.41, 5.74) is 8.36. The summed E-state index contributed by atoms with van der Waals surface area (Å²) in [6.07, 6.45) is 0. The van der Waals surface area contributed by atoms with Gasteiger partial charge in [0, 0.05) is 12.2 Å². The van der Waals surface area contributed by atoms with Crippen LogP contribution >= 0.6 is 0 Å². The van der Waals surface area contributed by atoms with Crippen molar-refractivity contribution in [1.82, 2.24) is 0 Å². The highest BCUT2D eigenvalue weighted by molar-refractivity contribution is 5.90. The van der Waals surface area contributed by atoms with E-state index in [2.05, 4.69) is 6.07 Å². The van der Waals surface area contributed by atoms with Crippen molar-refractivity contribution in [2.45, 2.75) is 6.92 Å². The second-order valence-corrected chi connectivity index (χ2v) is 3.92. The van der Waals surface area contributed by atoms with Gasteiger partial charge in [-0.3, -0.25) is 4.90 Å². The molecule has 18 heavy (non-hydrogen) atoms. The topological polar surface area (TPSA) is 46.3 Å². The lowest BCUT2D eigenvalue weighted by atomic mass is 10.1. The number of amides is 2. The van der Waals surface area contributed by atoms with Crippen molar-refractivity contribution < 1.29 is 4.79 Å². The Bertz CT molecular complexity index is 520. The fraction of sp³-hybridized carbons (Fsp3) is 0.133. The molecule has 3 heteroatoms. The normalized spacial score (nSPS) is 10.1. The van der Waals surface area contributed by atoms with Gasteiger partial charge in [-0.15, -0.1) is 0 Å². The van der Waals surface area contributed by atoms with Crippen LogP contribution in [0.15, 0.2) is 48.5 Å². The summed E-state index contributed by atoms with van der Waals surface area (Å²) in [6, 6.07) is 18.1. The molecular formula is C15H15N2O. The number of nitrogens with zero attached hydrogens (tertiary/aromatic N) is 1. The number of urea groups is 1. The van der Waals surface area contributed by atoms with Gasteiger partial charge in [0.2, 0.25) is 0 Å². The summed E-state index contributed by atoms with van der Waals surface area (Å²) in [5.74, 6) is 0. The van der Waals surface area contributed by atoms with E-state index in [9.17, 15) is 4.79 Å². The van der Waals surface area contributed by atoms with Crippen molar-refractivity contribution in [2.75, 3.05) is 11.4 Å². The van der Waals surface area contributed by atoms with E-state index in [4.69, 9.17) is 5.73 Å². The highest BCUT2D eigenvalue weighted by atomic mass is 16.2. The Hall–Kier alpha value is -2.29. The molecular weight excluding hydrogens is 224 g/mol. The van der Waals surface area contributed by atoms with Crippen molar-refractivity contribution in [3.63, 3.8) is 0 Å². The predicted molar refractivity (Wildman–Crippen MR) is 73.3 cm³/mol. The van der Waals surface area contributed by atoms with E-state index in [0.29, 0.717) is 6.54 Å². The summed E-state index contributed by atoms with van der Waals surface area (Å²) in [7, 11) is 0. The minimum absolute atomic E-state index is 0.431. The number of carbonyl (C=O) groups excluding carboxylic acids is 1. The summed E-state index contributed by atoms with van der Waals surface area (Å²) < 4.78 is 0. The van der Waals surface area contributed by atoms with Crippen LogP contribution in [0.25, 0.3) is 11.1 Å². The molecule has 0 fully saturated rings. The van der Waals surface area contributed by atoms with Crippen molar-refractivity contribution in [3.8, 4) is 11.1 Å². The molecule has 2 amide bonds. The minimum atomic E-state index is -0.431. The Kier molecular flexibility index (Phi) is 3.63. The number of hydrogen-bond donors (Lipinski definition) is 1. The fourth-order valence-electron chi connectivity index (χ4n) is 1.88. The van der Waals surface area contributed by atoms with Gasteiger partial charge in [-0.05, 0) is 36.2 Å². The molecule has 2 N–H and O–H groups in total. The van der Waals surface area contributed by atoms with Gasteiger partial charge >= 0.3 is 6.03 Å². The molecule has 0 aliphatic heterocycles. The van der Waals surface area contributed by atoms with Crippen LogP contribution in [0, 0.1) is 6.07 Å². The molecule has 0 saturated carbocycles. The molecule has 0 saturated heterocycles. The van der Waals surface area contributed by atoms with Crippen LogP contribution < -0.4 is 10.6 Å². The Morgan fingerprint density at radius 1 is 1.11 bits per heavy atom. The Balaban J connectivity index is 2.28. The first-order chi connectivity index (χ1) is 8.72. The zero-order valence-electron chi connectivity index (χ0n) is 10.3. The van der Waals surface area contributed by atoms with E-state index in [1.54, 1.807) is 0 Å². The van der Waals surface area contributed by atoms with Crippen LogP contribution in [0.5, 0.6) is 0 Å². The molecule has 0 spiro atoms. The quantitative estimate of drug-likeness (QED) is 0.879. The van der Waals surface area contributed by atoms with E-state index in [-0.39, 0.29) is 0 Å². The highest BCUT2D eigenvalue weighted by Gasteiger charge is 2.09. The van der Waals surface area contributed by atoms with Gasteiger partial charge in [-0.1, -0.05) is 36.4 Å². The summed E-state index contributed by atoms with van der Waals surface area (Å²) in [5, 5.41) is 0. The summed E-state index contributed by atoms with van der Waals surface area (Å²) in [6.45, 7) is 2.46. The zero-order valence-corrected chi connectivity index (χ0v) is 10.3. The molecule has 0 aliphatic rings. The monoisotopic (exact) mass is 239 g/mol. The van der Waals surface area contributed by atoms with Crippen molar-refractivity contribution in [2.24, 2.45) is 5.73 Å². The second kappa shape index (κ2) is 5.36. The number of nitrogens with two attached hydrogens (primary N) is 1. The van der Waals surface area contributed by atoms with Gasteiger partial charge in [-0.2, -0.15) is 0 Å². The minimum Gasteiger partial charge on any atom is -0.351 e. The molecule has 0 aliphatic carbocycles. The van der Waals surface area contributed by atoms with Gasteiger partial charge in [-0.25, -0.2) is 4.79 Å². The number of hydrogen-bond acceptors (Lipinski definition) is 1. The van der Waals surface area contributed by atoms with Crippen molar-refractivity contribution in [1.29, 1.82) is 0 Å². The molecule has 0 heterocycles. The lowest BCUT2D eigenvalue weighted by Crippen LogP contribution is -2.35. The molecule has 2 aromatic rings. The molecule has 0 bridgehead atoms. The second-order valence-electron chi connectivity index (χ2n) is 3.92. The lowest BCUT2D eigenvalue weighted by molar-refractivity contribution is 0.254. The first kappa shape index (κ1) is 12.2. The SMILES string of the molecule is CCN(C(N)=O)c1ccc(-c2cc[c]cc2)cc1. The molecule has 2 aromatic carbocycles. The third kappa shape index (κ3) is 2.51. The summed E-state index contributed by atoms with van der Waals surface area (Å²) in [4.78, 5) is 12.8. The van der Waals surface area contributed by atoms with Crippen LogP contribution in [-0.4, -0.2) is 12.6 Å². The van der Waals surface area contributed by atoms with Crippen LogP contribution in [0.4, 0.5) is 10.5 Å². The largest absolute Gasteiger partial charge is 0.351 e. The maximum Gasteiger partial charge on any atom is 0.319 e. The van der Waals surface area contributed by atoms with Crippen molar-refractivity contribution >= 4 is 11.7 Å². The Morgan fingerprint density at radius 2 is 1.67 bits per heavy atom. The first-order valence-corrected chi connectivity index (χ1v) is 5.86. The molecule has 0 aromatic heterocycles. The standard InChI is InChI=1S/C15H15N2O/c1-2-17(15(16)18)14-10-8-13(9-11-14)12-6-4-3-5-7-12/h4-11H,2H2,1H3,(H2,16,18). The Morgan fingerprint density at radius 3 is 2.17 bits per heavy atom. The van der Waals surface area contributed by atoms with Gasteiger partial charge in [0.1, 0.15) is 0 Å². The highest BCUT2D eigenvalue weighted by Crippen LogP contribution is 2.22. The zero-order chi connectivity index (χ0) is 13.0. The maximum absolute atomic E-state index is 11.2. The van der Waals surface area contributed by atoms with Crippen LogP contribution in [-0.2, 0) is 0 Å². The van der Waals surface area contributed by atoms with Crippen LogP contribution in [0.3, 0.4) is 0 Å². The number of anilines is 1. The lowest BCUT2D eigenvalue weighted by Gasteiger charge is -2.18. The van der Waals surface area contributed by atoms with E-state index < -0.39 is 6.03 Å². The van der Waals surface area contributed by atoms with E-state index >= 15 is 0 Å².